The Kier molecular flexibility index (Phi) is 6.40. The van der Waals surface area contributed by atoms with Crippen LogP contribution < -0.4 is 5.32 Å². The first kappa shape index (κ1) is 22.2. The Morgan fingerprint density at radius 2 is 2.00 bits per heavy atom. The van der Waals surface area contributed by atoms with Crippen molar-refractivity contribution in [2.75, 3.05) is 5.32 Å². The predicted octanol–water partition coefficient (Wildman–Crippen LogP) is 5.31. The highest BCUT2D eigenvalue weighted by Gasteiger charge is 2.20. The molecule has 0 saturated carbocycles. The monoisotopic (exact) mass is 486 g/mol. The summed E-state index contributed by atoms with van der Waals surface area (Å²) in [4.78, 5) is 23.2. The topological polar surface area (TPSA) is 88.5 Å². The van der Waals surface area contributed by atoms with E-state index in [2.05, 4.69) is 32.1 Å². The van der Waals surface area contributed by atoms with E-state index in [0.717, 1.165) is 21.1 Å². The number of aromatic amines is 1. The van der Waals surface area contributed by atoms with E-state index < -0.39 is 0 Å². The van der Waals surface area contributed by atoms with Crippen molar-refractivity contribution in [2.45, 2.75) is 26.8 Å². The molecule has 0 unspecified atom stereocenters. The van der Waals surface area contributed by atoms with Gasteiger partial charge in [0.05, 0.1) is 21.3 Å². The lowest BCUT2D eigenvalue weighted by molar-refractivity contribution is 0.103. The normalized spacial score (nSPS) is 11.0. The van der Waals surface area contributed by atoms with Gasteiger partial charge in [-0.1, -0.05) is 29.5 Å². The number of amides is 1. The molecule has 0 aliphatic carbocycles. The van der Waals surface area contributed by atoms with Gasteiger partial charge in [-0.2, -0.15) is 5.10 Å². The molecule has 0 bridgehead atoms. The molecule has 0 saturated heterocycles. The summed E-state index contributed by atoms with van der Waals surface area (Å²) in [5.41, 5.74) is 2.31. The number of allylic oxidation sites excluding steroid dienone is 1. The molecule has 0 aliphatic heterocycles. The summed E-state index contributed by atoms with van der Waals surface area (Å²) in [7, 11) is 0. The summed E-state index contributed by atoms with van der Waals surface area (Å²) in [6, 6.07) is 6.26. The molecule has 11 heteroatoms. The fraction of sp³-hybridized carbons (Fsp3) is 0.190. The highest BCUT2D eigenvalue weighted by Crippen LogP contribution is 2.32. The summed E-state index contributed by atoms with van der Waals surface area (Å²) in [6.45, 7) is 7.92. The zero-order valence-corrected chi connectivity index (χ0v) is 19.8. The Labute approximate surface area is 196 Å². The van der Waals surface area contributed by atoms with Crippen molar-refractivity contribution in [2.24, 2.45) is 0 Å². The van der Waals surface area contributed by atoms with Gasteiger partial charge in [-0.25, -0.2) is 14.4 Å². The maximum Gasteiger partial charge on any atom is 0.269 e. The molecule has 7 nitrogen and oxygen atoms in total. The molecule has 3 aromatic heterocycles. The number of carbonyl (C=O) groups is 1. The number of anilines is 1. The van der Waals surface area contributed by atoms with Crippen LogP contribution in [0.15, 0.2) is 36.9 Å². The Morgan fingerprint density at radius 1 is 1.25 bits per heavy atom. The first-order valence-corrected chi connectivity index (χ1v) is 11.7. The summed E-state index contributed by atoms with van der Waals surface area (Å²) in [5.74, 6) is 0.104. The molecule has 0 atom stereocenters. The van der Waals surface area contributed by atoms with E-state index in [1.807, 2.05) is 11.5 Å². The molecule has 2 N–H and O–H groups in total. The van der Waals surface area contributed by atoms with Crippen LogP contribution in [0.2, 0.25) is 0 Å². The predicted molar refractivity (Wildman–Crippen MR) is 127 cm³/mol. The molecule has 0 spiro atoms. The number of thiazole rings is 2. The van der Waals surface area contributed by atoms with Crippen LogP contribution in [0.1, 0.15) is 31.6 Å². The summed E-state index contributed by atoms with van der Waals surface area (Å²) in [5, 5.41) is 11.2. The molecule has 0 aliphatic rings. The number of H-pyrrole nitrogens is 1. The Morgan fingerprint density at radius 3 is 2.72 bits per heavy atom. The molecular weight excluding hydrogens is 467 g/mol. The number of rotatable bonds is 7. The van der Waals surface area contributed by atoms with Crippen LogP contribution in [0.3, 0.4) is 0 Å². The van der Waals surface area contributed by atoms with Crippen molar-refractivity contribution in [1.29, 1.82) is 0 Å². The van der Waals surface area contributed by atoms with Crippen LogP contribution >= 0.6 is 34.9 Å². The SMILES string of the molecule is C=CCn1c(-c2sc(NC(=O)c3sc(Cc4ccc(F)cc4)nc3C)nc2C)n[nH]c1=S. The van der Waals surface area contributed by atoms with Gasteiger partial charge in [-0.3, -0.25) is 19.8 Å². The largest absolute Gasteiger partial charge is 0.297 e. The van der Waals surface area contributed by atoms with E-state index in [-0.39, 0.29) is 11.7 Å². The maximum absolute atomic E-state index is 13.1. The van der Waals surface area contributed by atoms with Crippen LogP contribution in [0.5, 0.6) is 0 Å². The Hall–Kier alpha value is -3.02. The lowest BCUT2D eigenvalue weighted by Gasteiger charge is -2.01. The highest BCUT2D eigenvalue weighted by atomic mass is 32.1. The first-order valence-electron chi connectivity index (χ1n) is 9.61. The van der Waals surface area contributed by atoms with E-state index >= 15 is 0 Å². The molecule has 3 heterocycles. The number of nitrogens with one attached hydrogen (secondary N) is 2. The van der Waals surface area contributed by atoms with E-state index in [1.54, 1.807) is 25.1 Å². The van der Waals surface area contributed by atoms with Crippen molar-refractivity contribution in [1.82, 2.24) is 24.7 Å². The number of hydrogen-bond acceptors (Lipinski definition) is 7. The van der Waals surface area contributed by atoms with Crippen LogP contribution in [0, 0.1) is 24.4 Å². The summed E-state index contributed by atoms with van der Waals surface area (Å²) < 4.78 is 15.4. The number of hydrogen-bond donors (Lipinski definition) is 2. The fourth-order valence-electron chi connectivity index (χ4n) is 3.12. The minimum atomic E-state index is -0.281. The second kappa shape index (κ2) is 9.23. The zero-order valence-electron chi connectivity index (χ0n) is 17.3. The van der Waals surface area contributed by atoms with Gasteiger partial charge in [0.15, 0.2) is 15.7 Å². The van der Waals surface area contributed by atoms with Gasteiger partial charge < -0.3 is 0 Å². The lowest BCUT2D eigenvalue weighted by Crippen LogP contribution is -2.11. The third-order valence-electron chi connectivity index (χ3n) is 4.61. The maximum atomic E-state index is 13.1. The Balaban J connectivity index is 1.53. The number of nitrogens with zero attached hydrogens (tertiary/aromatic N) is 4. The molecule has 164 valence electrons. The van der Waals surface area contributed by atoms with Gasteiger partial charge in [-0.05, 0) is 43.8 Å². The highest BCUT2D eigenvalue weighted by molar-refractivity contribution is 7.71. The molecule has 4 aromatic rings. The molecular formula is C21H19FN6OS3. The zero-order chi connectivity index (χ0) is 22.8. The van der Waals surface area contributed by atoms with Crippen LogP contribution in [-0.4, -0.2) is 30.6 Å². The third kappa shape index (κ3) is 4.59. The van der Waals surface area contributed by atoms with Crippen molar-refractivity contribution < 1.29 is 9.18 Å². The number of carbonyl (C=O) groups excluding carboxylic acids is 1. The fourth-order valence-corrected chi connectivity index (χ4v) is 5.28. The van der Waals surface area contributed by atoms with E-state index in [9.17, 15) is 9.18 Å². The van der Waals surface area contributed by atoms with Crippen molar-refractivity contribution in [3.63, 3.8) is 0 Å². The molecule has 1 amide bonds. The van der Waals surface area contributed by atoms with Crippen molar-refractivity contribution >= 4 is 45.9 Å². The molecule has 0 fully saturated rings. The second-order valence-electron chi connectivity index (χ2n) is 6.96. The van der Waals surface area contributed by atoms with Gasteiger partial charge in [0.2, 0.25) is 0 Å². The second-order valence-corrected chi connectivity index (χ2v) is 9.43. The van der Waals surface area contributed by atoms with Crippen LogP contribution in [0.4, 0.5) is 9.52 Å². The number of halogens is 1. The smallest absolute Gasteiger partial charge is 0.269 e. The van der Waals surface area contributed by atoms with E-state index in [4.69, 9.17) is 12.2 Å². The molecule has 32 heavy (non-hydrogen) atoms. The average Bonchev–Trinajstić information content (AvgIpc) is 3.41. The summed E-state index contributed by atoms with van der Waals surface area (Å²) in [6.07, 6.45) is 2.27. The minimum absolute atomic E-state index is 0.268. The molecule has 1 aromatic carbocycles. The van der Waals surface area contributed by atoms with Crippen molar-refractivity contribution in [3.8, 4) is 10.7 Å². The van der Waals surface area contributed by atoms with Gasteiger partial charge in [0.1, 0.15) is 10.7 Å². The quantitative estimate of drug-likeness (QED) is 0.273. The number of benzene rings is 1. The lowest BCUT2D eigenvalue weighted by atomic mass is 10.1. The van der Waals surface area contributed by atoms with Crippen LogP contribution in [0.25, 0.3) is 10.7 Å². The number of aryl methyl sites for hydroxylation is 2. The van der Waals surface area contributed by atoms with Gasteiger partial charge in [0, 0.05) is 13.0 Å². The van der Waals surface area contributed by atoms with E-state index in [1.165, 1.54) is 34.8 Å². The molecule has 4 rings (SSSR count). The third-order valence-corrected chi connectivity index (χ3v) is 7.14. The Bertz CT molecular complexity index is 1350. The van der Waals surface area contributed by atoms with Gasteiger partial charge in [0.25, 0.3) is 5.91 Å². The summed E-state index contributed by atoms with van der Waals surface area (Å²) >= 11 is 7.93. The first-order chi connectivity index (χ1) is 15.4. The van der Waals surface area contributed by atoms with Gasteiger partial charge >= 0.3 is 0 Å². The standard InChI is InChI=1S/C21H19FN6OS3/c1-4-9-28-18(26-27-21(28)30)16-11(2)24-20(32-16)25-19(29)17-12(3)23-15(31-17)10-13-5-7-14(22)8-6-13/h4-8H,1,9-10H2,2-3H3,(H,27,30)(H,24,25,29). The average molecular weight is 487 g/mol. The van der Waals surface area contributed by atoms with Crippen molar-refractivity contribution in [3.05, 3.63) is 74.3 Å². The molecule has 0 radical (unpaired) electrons. The van der Waals surface area contributed by atoms with Crippen LogP contribution in [-0.2, 0) is 13.0 Å². The van der Waals surface area contributed by atoms with E-state index in [0.29, 0.717) is 39.3 Å². The van der Waals surface area contributed by atoms with Gasteiger partial charge in [-0.15, -0.1) is 17.9 Å². The minimum Gasteiger partial charge on any atom is -0.297 e. The number of aromatic nitrogens is 5.